The fraction of sp³-hybridized carbons (Fsp3) is 0.733. The molecule has 0 radical (unpaired) electrons. The van der Waals surface area contributed by atoms with Crippen molar-refractivity contribution in [1.82, 2.24) is 4.90 Å². The van der Waals surface area contributed by atoms with Crippen LogP contribution in [0.25, 0.3) is 0 Å². The molecule has 4 nitrogen and oxygen atoms in total. The molecule has 2 rings (SSSR count). The van der Waals surface area contributed by atoms with Crippen molar-refractivity contribution in [3.05, 3.63) is 12.2 Å². The van der Waals surface area contributed by atoms with Gasteiger partial charge in [-0.05, 0) is 38.5 Å². The van der Waals surface area contributed by atoms with E-state index in [0.717, 1.165) is 12.8 Å². The minimum absolute atomic E-state index is 0.120. The summed E-state index contributed by atoms with van der Waals surface area (Å²) < 4.78 is 4.65. The Morgan fingerprint density at radius 1 is 1.32 bits per heavy atom. The molecule has 0 aromatic heterocycles. The first-order valence-corrected chi connectivity index (χ1v) is 7.08. The number of amides is 1. The van der Waals surface area contributed by atoms with Crippen LogP contribution in [-0.4, -0.2) is 36.5 Å². The van der Waals surface area contributed by atoms with E-state index in [9.17, 15) is 9.59 Å². The zero-order chi connectivity index (χ0) is 14.0. The maximum atomic E-state index is 12.6. The number of ether oxygens (including phenoxy) is 1. The SMILES string of the molecule is COC(=O)CCN(C(=O)C1CC2C=CC1C2)C(C)C. The lowest BCUT2D eigenvalue weighted by Gasteiger charge is -2.31. The molecule has 0 heterocycles. The van der Waals surface area contributed by atoms with E-state index in [1.54, 1.807) is 0 Å². The summed E-state index contributed by atoms with van der Waals surface area (Å²) in [6.07, 6.45) is 6.80. The number of fused-ring (bicyclic) bond motifs is 2. The highest BCUT2D eigenvalue weighted by atomic mass is 16.5. The lowest BCUT2D eigenvalue weighted by atomic mass is 9.91. The molecule has 2 aliphatic carbocycles. The number of esters is 1. The van der Waals surface area contributed by atoms with Crippen molar-refractivity contribution in [3.8, 4) is 0 Å². The second-order valence-electron chi connectivity index (χ2n) is 5.84. The molecule has 0 aromatic rings. The van der Waals surface area contributed by atoms with Gasteiger partial charge in [-0.25, -0.2) is 0 Å². The van der Waals surface area contributed by atoms with Crippen LogP contribution in [0.5, 0.6) is 0 Å². The van der Waals surface area contributed by atoms with Crippen molar-refractivity contribution in [2.24, 2.45) is 17.8 Å². The van der Waals surface area contributed by atoms with Crippen LogP contribution in [0, 0.1) is 17.8 Å². The van der Waals surface area contributed by atoms with Gasteiger partial charge in [-0.2, -0.15) is 0 Å². The fourth-order valence-corrected chi connectivity index (χ4v) is 3.21. The molecule has 3 atom stereocenters. The van der Waals surface area contributed by atoms with Crippen molar-refractivity contribution in [3.63, 3.8) is 0 Å². The van der Waals surface area contributed by atoms with E-state index >= 15 is 0 Å². The Bertz CT molecular complexity index is 389. The van der Waals surface area contributed by atoms with Gasteiger partial charge < -0.3 is 9.64 Å². The number of hydrogen-bond acceptors (Lipinski definition) is 3. The topological polar surface area (TPSA) is 46.6 Å². The third-order valence-corrected chi connectivity index (χ3v) is 4.29. The maximum Gasteiger partial charge on any atom is 0.307 e. The normalized spacial score (nSPS) is 27.9. The zero-order valence-corrected chi connectivity index (χ0v) is 12.0. The lowest BCUT2D eigenvalue weighted by Crippen LogP contribution is -2.43. The number of carbonyl (C=O) groups excluding carboxylic acids is 2. The summed E-state index contributed by atoms with van der Waals surface area (Å²) in [7, 11) is 1.38. The first-order chi connectivity index (χ1) is 9.02. The number of hydrogen-bond donors (Lipinski definition) is 0. The van der Waals surface area contributed by atoms with E-state index < -0.39 is 0 Å². The second-order valence-corrected chi connectivity index (χ2v) is 5.84. The van der Waals surface area contributed by atoms with Gasteiger partial charge in [0.25, 0.3) is 0 Å². The fourth-order valence-electron chi connectivity index (χ4n) is 3.21. The molecule has 0 saturated heterocycles. The summed E-state index contributed by atoms with van der Waals surface area (Å²) in [5.41, 5.74) is 0. The van der Waals surface area contributed by atoms with Gasteiger partial charge in [-0.1, -0.05) is 12.2 Å². The average Bonchev–Trinajstić information content (AvgIpc) is 3.00. The van der Waals surface area contributed by atoms with Crippen LogP contribution < -0.4 is 0 Å². The Hall–Kier alpha value is -1.32. The van der Waals surface area contributed by atoms with Crippen LogP contribution in [0.2, 0.25) is 0 Å². The molecule has 106 valence electrons. The van der Waals surface area contributed by atoms with Crippen molar-refractivity contribution in [2.45, 2.75) is 39.2 Å². The Morgan fingerprint density at radius 2 is 2.05 bits per heavy atom. The molecule has 3 unspecified atom stereocenters. The average molecular weight is 265 g/mol. The van der Waals surface area contributed by atoms with E-state index in [4.69, 9.17) is 0 Å². The highest BCUT2D eigenvalue weighted by Gasteiger charge is 2.41. The molecule has 1 fully saturated rings. The predicted octanol–water partition coefficient (Wildman–Crippen LogP) is 2.00. The van der Waals surface area contributed by atoms with Gasteiger partial charge in [0.15, 0.2) is 0 Å². The quantitative estimate of drug-likeness (QED) is 0.564. The molecule has 4 heteroatoms. The molecule has 0 aliphatic heterocycles. The monoisotopic (exact) mass is 265 g/mol. The lowest BCUT2D eigenvalue weighted by molar-refractivity contribution is -0.143. The summed E-state index contributed by atoms with van der Waals surface area (Å²) in [6.45, 7) is 4.46. The highest BCUT2D eigenvalue weighted by molar-refractivity contribution is 5.81. The Morgan fingerprint density at radius 3 is 2.53 bits per heavy atom. The van der Waals surface area contributed by atoms with E-state index in [0.29, 0.717) is 18.4 Å². The van der Waals surface area contributed by atoms with Gasteiger partial charge in [-0.3, -0.25) is 9.59 Å². The number of nitrogens with zero attached hydrogens (tertiary/aromatic N) is 1. The van der Waals surface area contributed by atoms with Crippen molar-refractivity contribution in [1.29, 1.82) is 0 Å². The first-order valence-electron chi connectivity index (χ1n) is 7.08. The third-order valence-electron chi connectivity index (χ3n) is 4.29. The first kappa shape index (κ1) is 14.1. The second kappa shape index (κ2) is 5.76. The van der Waals surface area contributed by atoms with E-state index in [1.165, 1.54) is 7.11 Å². The zero-order valence-electron chi connectivity index (χ0n) is 12.0. The predicted molar refractivity (Wildman–Crippen MR) is 72.3 cm³/mol. The van der Waals surface area contributed by atoms with Gasteiger partial charge in [0.1, 0.15) is 0 Å². The Kier molecular flexibility index (Phi) is 4.27. The van der Waals surface area contributed by atoms with Gasteiger partial charge in [0.05, 0.1) is 13.5 Å². The molecule has 19 heavy (non-hydrogen) atoms. The van der Waals surface area contributed by atoms with Crippen LogP contribution >= 0.6 is 0 Å². The van der Waals surface area contributed by atoms with Crippen LogP contribution in [0.1, 0.15) is 33.1 Å². The van der Waals surface area contributed by atoms with Crippen LogP contribution in [0.3, 0.4) is 0 Å². The highest BCUT2D eigenvalue weighted by Crippen LogP contribution is 2.44. The molecule has 0 spiro atoms. The largest absolute Gasteiger partial charge is 0.469 e. The van der Waals surface area contributed by atoms with E-state index in [2.05, 4.69) is 16.9 Å². The Balaban J connectivity index is 1.97. The van der Waals surface area contributed by atoms with Crippen molar-refractivity contribution in [2.75, 3.05) is 13.7 Å². The molecule has 1 amide bonds. The summed E-state index contributed by atoms with van der Waals surface area (Å²) in [5.74, 6) is 1.07. The summed E-state index contributed by atoms with van der Waals surface area (Å²) in [5, 5.41) is 0. The minimum atomic E-state index is -0.258. The molecule has 0 aromatic carbocycles. The van der Waals surface area contributed by atoms with Gasteiger partial charge >= 0.3 is 5.97 Å². The molecular formula is C15H23NO3. The van der Waals surface area contributed by atoms with Gasteiger partial charge in [0, 0.05) is 18.5 Å². The van der Waals surface area contributed by atoms with Crippen molar-refractivity contribution >= 4 is 11.9 Å². The maximum absolute atomic E-state index is 12.6. The molecule has 2 bridgehead atoms. The summed E-state index contributed by atoms with van der Waals surface area (Å²) in [6, 6.07) is 0.125. The number of allylic oxidation sites excluding steroid dienone is 2. The summed E-state index contributed by atoms with van der Waals surface area (Å²) in [4.78, 5) is 25.7. The van der Waals surface area contributed by atoms with Crippen LogP contribution in [0.15, 0.2) is 12.2 Å². The van der Waals surface area contributed by atoms with E-state index in [1.807, 2.05) is 18.7 Å². The van der Waals surface area contributed by atoms with Crippen molar-refractivity contribution < 1.29 is 14.3 Å². The molecular weight excluding hydrogens is 242 g/mol. The van der Waals surface area contributed by atoms with Gasteiger partial charge in [-0.15, -0.1) is 0 Å². The van der Waals surface area contributed by atoms with Crippen LogP contribution in [-0.2, 0) is 14.3 Å². The van der Waals surface area contributed by atoms with E-state index in [-0.39, 0.29) is 30.3 Å². The van der Waals surface area contributed by atoms with Crippen LogP contribution in [0.4, 0.5) is 0 Å². The molecule has 0 N–H and O–H groups in total. The smallest absolute Gasteiger partial charge is 0.307 e. The standard InChI is InChI=1S/C15H23NO3/c1-10(2)16(7-6-14(17)19-3)15(18)13-9-11-4-5-12(13)8-11/h4-5,10-13H,6-9H2,1-3H3. The molecule has 1 saturated carbocycles. The Labute approximate surface area is 114 Å². The third kappa shape index (κ3) is 2.99. The number of carbonyl (C=O) groups is 2. The minimum Gasteiger partial charge on any atom is -0.469 e. The molecule has 2 aliphatic rings. The van der Waals surface area contributed by atoms with Gasteiger partial charge in [0.2, 0.25) is 5.91 Å². The number of methoxy groups -OCH3 is 1. The number of rotatable bonds is 5. The summed E-state index contributed by atoms with van der Waals surface area (Å²) >= 11 is 0.